The molecular weight excluding hydrogens is 116 g/mol. The highest BCUT2D eigenvalue weighted by atomic mass is 16.6. The van der Waals surface area contributed by atoms with E-state index in [2.05, 4.69) is 0 Å². The lowest BCUT2D eigenvalue weighted by atomic mass is 10.3. The highest BCUT2D eigenvalue weighted by Gasteiger charge is 2.06. The Hall–Kier alpha value is -0.500. The van der Waals surface area contributed by atoms with E-state index in [1.807, 2.05) is 13.8 Å². The first-order valence-corrected chi connectivity index (χ1v) is 3.17. The summed E-state index contributed by atoms with van der Waals surface area (Å²) in [6.45, 7) is 6.16. The molecule has 0 radical (unpaired) electrons. The fraction of sp³-hybridized carbons (Fsp3) is 0.714. The van der Waals surface area contributed by atoms with Gasteiger partial charge in [0.05, 0.1) is 6.61 Å². The van der Waals surface area contributed by atoms with Crippen LogP contribution in [0, 0.1) is 0 Å². The third-order valence-electron chi connectivity index (χ3n) is 1.29. The molecule has 1 heterocycles. The molecule has 1 rings (SSSR count). The number of ether oxygens (including phenoxy) is 2. The summed E-state index contributed by atoms with van der Waals surface area (Å²) in [6.07, 6.45) is 0. The highest BCUT2D eigenvalue weighted by Crippen LogP contribution is 2.08. The molecule has 0 aromatic carbocycles. The number of hydrogen-bond acceptors (Lipinski definition) is 2. The maximum absolute atomic E-state index is 5.29. The van der Waals surface area contributed by atoms with Crippen LogP contribution in [-0.2, 0) is 9.47 Å². The third-order valence-corrected chi connectivity index (χ3v) is 1.29. The van der Waals surface area contributed by atoms with Crippen molar-refractivity contribution in [1.29, 1.82) is 0 Å². The van der Waals surface area contributed by atoms with E-state index < -0.39 is 0 Å². The standard InChI is InChI=1S/C7H12O2/c1-6(2)7-5-8-3-4-9-7/h3-5H2,1-2H3. The van der Waals surface area contributed by atoms with E-state index in [9.17, 15) is 0 Å². The van der Waals surface area contributed by atoms with Crippen LogP contribution in [0.3, 0.4) is 0 Å². The van der Waals surface area contributed by atoms with Gasteiger partial charge in [-0.1, -0.05) is 0 Å². The molecule has 2 heteroatoms. The summed E-state index contributed by atoms with van der Waals surface area (Å²) in [7, 11) is 0. The van der Waals surface area contributed by atoms with Gasteiger partial charge in [0.15, 0.2) is 0 Å². The Balaban J connectivity index is 2.49. The lowest BCUT2D eigenvalue weighted by Gasteiger charge is -2.17. The summed E-state index contributed by atoms with van der Waals surface area (Å²) in [4.78, 5) is 0. The van der Waals surface area contributed by atoms with E-state index in [-0.39, 0.29) is 0 Å². The molecule has 9 heavy (non-hydrogen) atoms. The maximum atomic E-state index is 5.29. The summed E-state index contributed by atoms with van der Waals surface area (Å²) < 4.78 is 10.5. The number of rotatable bonds is 0. The minimum atomic E-state index is 0.655. The Labute approximate surface area is 55.5 Å². The zero-order valence-electron chi connectivity index (χ0n) is 5.94. The minimum absolute atomic E-state index is 0.655. The average Bonchev–Trinajstić information content (AvgIpc) is 1.90. The first kappa shape index (κ1) is 6.62. The van der Waals surface area contributed by atoms with Crippen molar-refractivity contribution in [2.45, 2.75) is 13.8 Å². The summed E-state index contributed by atoms with van der Waals surface area (Å²) in [6, 6.07) is 0. The van der Waals surface area contributed by atoms with Crippen molar-refractivity contribution in [1.82, 2.24) is 0 Å². The van der Waals surface area contributed by atoms with Gasteiger partial charge in [0.2, 0.25) is 0 Å². The van der Waals surface area contributed by atoms with Gasteiger partial charge in [-0.2, -0.15) is 0 Å². The molecule has 0 aromatic heterocycles. The Morgan fingerprint density at radius 3 is 2.44 bits per heavy atom. The predicted molar refractivity (Wildman–Crippen MR) is 35.1 cm³/mol. The fourth-order valence-electron chi connectivity index (χ4n) is 0.719. The molecule has 1 fully saturated rings. The number of hydrogen-bond donors (Lipinski definition) is 0. The van der Waals surface area contributed by atoms with Crippen molar-refractivity contribution in [2.75, 3.05) is 19.8 Å². The number of allylic oxidation sites excluding steroid dienone is 1. The third kappa shape index (κ3) is 1.72. The second-order valence-electron chi connectivity index (χ2n) is 2.32. The molecule has 0 amide bonds. The molecule has 1 aliphatic rings. The topological polar surface area (TPSA) is 18.5 Å². The molecule has 1 saturated heterocycles. The van der Waals surface area contributed by atoms with Crippen molar-refractivity contribution >= 4 is 0 Å². The molecule has 0 aliphatic carbocycles. The molecule has 0 unspecified atom stereocenters. The molecule has 0 atom stereocenters. The van der Waals surface area contributed by atoms with Crippen LogP contribution in [0.2, 0.25) is 0 Å². The van der Waals surface area contributed by atoms with Crippen LogP contribution < -0.4 is 0 Å². The lowest BCUT2D eigenvalue weighted by Crippen LogP contribution is -2.16. The van der Waals surface area contributed by atoms with Gasteiger partial charge in [-0.3, -0.25) is 0 Å². The van der Waals surface area contributed by atoms with E-state index in [1.165, 1.54) is 5.57 Å². The Kier molecular flexibility index (Phi) is 2.11. The van der Waals surface area contributed by atoms with Gasteiger partial charge in [-0.15, -0.1) is 0 Å². The van der Waals surface area contributed by atoms with E-state index in [1.54, 1.807) is 0 Å². The van der Waals surface area contributed by atoms with Crippen LogP contribution in [0.4, 0.5) is 0 Å². The zero-order valence-corrected chi connectivity index (χ0v) is 5.94. The second-order valence-corrected chi connectivity index (χ2v) is 2.32. The van der Waals surface area contributed by atoms with Crippen molar-refractivity contribution in [3.8, 4) is 0 Å². The van der Waals surface area contributed by atoms with Crippen molar-refractivity contribution in [2.24, 2.45) is 0 Å². The molecule has 0 spiro atoms. The van der Waals surface area contributed by atoms with Crippen LogP contribution in [-0.4, -0.2) is 19.8 Å². The second kappa shape index (κ2) is 2.87. The van der Waals surface area contributed by atoms with Gasteiger partial charge in [0.1, 0.15) is 19.0 Å². The smallest absolute Gasteiger partial charge is 0.120 e. The van der Waals surface area contributed by atoms with Gasteiger partial charge in [-0.05, 0) is 19.4 Å². The molecule has 1 aliphatic heterocycles. The van der Waals surface area contributed by atoms with Gasteiger partial charge in [-0.25, -0.2) is 0 Å². The van der Waals surface area contributed by atoms with Gasteiger partial charge in [0.25, 0.3) is 0 Å². The Bertz CT molecular complexity index is 115. The van der Waals surface area contributed by atoms with Gasteiger partial charge >= 0.3 is 0 Å². The normalized spacial score (nSPS) is 19.1. The molecule has 52 valence electrons. The molecule has 0 N–H and O–H groups in total. The van der Waals surface area contributed by atoms with Gasteiger partial charge in [0, 0.05) is 0 Å². The van der Waals surface area contributed by atoms with Crippen molar-refractivity contribution in [3.05, 3.63) is 11.3 Å². The van der Waals surface area contributed by atoms with Crippen LogP contribution in [0.1, 0.15) is 13.8 Å². The van der Waals surface area contributed by atoms with E-state index >= 15 is 0 Å². The Morgan fingerprint density at radius 1 is 1.33 bits per heavy atom. The first-order valence-electron chi connectivity index (χ1n) is 3.17. The largest absolute Gasteiger partial charge is 0.493 e. The molecule has 0 bridgehead atoms. The fourth-order valence-corrected chi connectivity index (χ4v) is 0.719. The Morgan fingerprint density at radius 2 is 2.11 bits per heavy atom. The van der Waals surface area contributed by atoms with Crippen molar-refractivity contribution in [3.63, 3.8) is 0 Å². The summed E-state index contributed by atoms with van der Waals surface area (Å²) in [5.41, 5.74) is 1.22. The van der Waals surface area contributed by atoms with Gasteiger partial charge < -0.3 is 9.47 Å². The summed E-state index contributed by atoms with van der Waals surface area (Å²) >= 11 is 0. The van der Waals surface area contributed by atoms with E-state index in [4.69, 9.17) is 9.47 Å². The molecular formula is C7H12O2. The quantitative estimate of drug-likeness (QED) is 0.490. The van der Waals surface area contributed by atoms with Crippen molar-refractivity contribution < 1.29 is 9.47 Å². The summed E-state index contributed by atoms with van der Waals surface area (Å²) in [5, 5.41) is 0. The van der Waals surface area contributed by atoms with Crippen LogP contribution in [0.25, 0.3) is 0 Å². The zero-order chi connectivity index (χ0) is 6.69. The highest BCUT2D eigenvalue weighted by molar-refractivity contribution is 5.03. The molecule has 2 nitrogen and oxygen atoms in total. The summed E-state index contributed by atoms with van der Waals surface area (Å²) in [5.74, 6) is 1.00. The molecule has 0 aromatic rings. The molecule has 0 saturated carbocycles. The van der Waals surface area contributed by atoms with Crippen LogP contribution in [0.15, 0.2) is 11.3 Å². The monoisotopic (exact) mass is 128 g/mol. The maximum Gasteiger partial charge on any atom is 0.120 e. The predicted octanol–water partition coefficient (Wildman–Crippen LogP) is 1.33. The van der Waals surface area contributed by atoms with Crippen LogP contribution >= 0.6 is 0 Å². The minimum Gasteiger partial charge on any atom is -0.493 e. The first-order chi connectivity index (χ1) is 4.30. The lowest BCUT2D eigenvalue weighted by molar-refractivity contribution is 0.0117. The average molecular weight is 128 g/mol. The SMILES string of the molecule is CC(C)=C1COCCO1. The van der Waals surface area contributed by atoms with E-state index in [0.717, 1.165) is 12.4 Å². The van der Waals surface area contributed by atoms with Crippen LogP contribution in [0.5, 0.6) is 0 Å². The van der Waals surface area contributed by atoms with E-state index in [0.29, 0.717) is 13.2 Å².